The Morgan fingerprint density at radius 3 is 2.36 bits per heavy atom. The van der Waals surface area contributed by atoms with Gasteiger partial charge in [0.05, 0.1) is 5.32 Å². The molecule has 60 valence electrons. The van der Waals surface area contributed by atoms with Gasteiger partial charge in [-0.05, 0) is 0 Å². The van der Waals surface area contributed by atoms with E-state index in [0.29, 0.717) is 5.69 Å². The highest BCUT2D eigenvalue weighted by molar-refractivity contribution is 6.88. The van der Waals surface area contributed by atoms with E-state index in [-0.39, 0.29) is 0 Å². The number of nitrogens with zero attached hydrogens (tertiary/aromatic N) is 2. The summed E-state index contributed by atoms with van der Waals surface area (Å²) in [7, 11) is -1.48. The SMILES string of the molecule is C[Si](C)(C)c1n[nH]nc1C=O. The maximum absolute atomic E-state index is 10.4. The number of aldehydes is 1. The zero-order valence-electron chi connectivity index (χ0n) is 6.88. The number of aromatic nitrogens is 3. The van der Waals surface area contributed by atoms with Gasteiger partial charge in [-0.3, -0.25) is 4.79 Å². The third kappa shape index (κ3) is 1.54. The van der Waals surface area contributed by atoms with Crippen molar-refractivity contribution in [1.82, 2.24) is 15.4 Å². The quantitative estimate of drug-likeness (QED) is 0.507. The largest absolute Gasteiger partial charge is 0.296 e. The first-order valence-corrected chi connectivity index (χ1v) is 6.92. The van der Waals surface area contributed by atoms with Gasteiger partial charge >= 0.3 is 0 Å². The Kier molecular flexibility index (Phi) is 1.90. The number of carbonyl (C=O) groups is 1. The summed E-state index contributed by atoms with van der Waals surface area (Å²) in [5.74, 6) is 0. The molecule has 1 aromatic heterocycles. The van der Waals surface area contributed by atoms with E-state index >= 15 is 0 Å². The van der Waals surface area contributed by atoms with Gasteiger partial charge in [-0.1, -0.05) is 19.6 Å². The maximum Gasteiger partial charge on any atom is 0.171 e. The molecule has 1 aromatic rings. The van der Waals surface area contributed by atoms with Crippen molar-refractivity contribution in [1.29, 1.82) is 0 Å². The van der Waals surface area contributed by atoms with E-state index in [1.165, 1.54) is 0 Å². The fourth-order valence-electron chi connectivity index (χ4n) is 0.873. The van der Waals surface area contributed by atoms with Crippen LogP contribution < -0.4 is 5.32 Å². The van der Waals surface area contributed by atoms with Crippen LogP contribution in [0.2, 0.25) is 19.6 Å². The van der Waals surface area contributed by atoms with Crippen LogP contribution in [-0.4, -0.2) is 29.8 Å². The van der Waals surface area contributed by atoms with Crippen molar-refractivity contribution in [3.63, 3.8) is 0 Å². The Morgan fingerprint density at radius 2 is 2.00 bits per heavy atom. The Balaban J connectivity index is 3.12. The molecule has 5 heteroatoms. The third-order valence-corrected chi connectivity index (χ3v) is 3.19. The molecule has 0 atom stereocenters. The van der Waals surface area contributed by atoms with E-state index in [0.717, 1.165) is 11.6 Å². The van der Waals surface area contributed by atoms with Gasteiger partial charge in [-0.25, -0.2) is 0 Å². The number of carbonyl (C=O) groups excluding carboxylic acids is 1. The van der Waals surface area contributed by atoms with E-state index in [4.69, 9.17) is 0 Å². The summed E-state index contributed by atoms with van der Waals surface area (Å²) in [6.07, 6.45) is 0.747. The molecule has 0 saturated carbocycles. The predicted molar refractivity (Wildman–Crippen MR) is 44.8 cm³/mol. The molecule has 0 unspecified atom stereocenters. The average molecular weight is 169 g/mol. The normalized spacial score (nSPS) is 11.5. The second-order valence-corrected chi connectivity index (χ2v) is 8.40. The molecule has 0 radical (unpaired) electrons. The number of rotatable bonds is 2. The van der Waals surface area contributed by atoms with Gasteiger partial charge in [0.15, 0.2) is 6.29 Å². The van der Waals surface area contributed by atoms with Gasteiger partial charge in [0.25, 0.3) is 0 Å². The fourth-order valence-corrected chi connectivity index (χ4v) is 2.14. The summed E-state index contributed by atoms with van der Waals surface area (Å²) in [5.41, 5.74) is 0.462. The minimum Gasteiger partial charge on any atom is -0.296 e. The molecular formula is C6H11N3OSi. The Labute approximate surface area is 66.0 Å². The summed E-state index contributed by atoms with van der Waals surface area (Å²) in [6.45, 7) is 6.37. The Morgan fingerprint density at radius 1 is 1.36 bits per heavy atom. The average Bonchev–Trinajstić information content (AvgIpc) is 2.31. The molecule has 0 aliphatic carbocycles. The van der Waals surface area contributed by atoms with Gasteiger partial charge in [0.1, 0.15) is 13.8 Å². The van der Waals surface area contributed by atoms with Crippen molar-refractivity contribution in [2.24, 2.45) is 0 Å². The lowest BCUT2D eigenvalue weighted by atomic mass is 10.5. The first-order chi connectivity index (χ1) is 5.05. The highest BCUT2D eigenvalue weighted by Crippen LogP contribution is 2.00. The summed E-state index contributed by atoms with van der Waals surface area (Å²) in [4.78, 5) is 10.4. The number of hydrogen-bond donors (Lipinski definition) is 1. The van der Waals surface area contributed by atoms with Gasteiger partial charge in [-0.2, -0.15) is 15.4 Å². The summed E-state index contributed by atoms with van der Waals surface area (Å²) in [5, 5.41) is 11.0. The first-order valence-electron chi connectivity index (χ1n) is 3.42. The number of nitrogens with one attached hydrogen (secondary N) is 1. The molecular weight excluding hydrogens is 158 g/mol. The molecule has 0 amide bonds. The third-order valence-electron chi connectivity index (χ3n) is 1.40. The molecule has 11 heavy (non-hydrogen) atoms. The van der Waals surface area contributed by atoms with Crippen LogP contribution in [0.3, 0.4) is 0 Å². The number of aromatic amines is 1. The second kappa shape index (κ2) is 2.58. The van der Waals surface area contributed by atoms with Crippen LogP contribution in [0.15, 0.2) is 0 Å². The summed E-state index contributed by atoms with van der Waals surface area (Å²) >= 11 is 0. The van der Waals surface area contributed by atoms with E-state index < -0.39 is 8.07 Å². The first kappa shape index (κ1) is 8.13. The topological polar surface area (TPSA) is 58.6 Å². The molecule has 0 fully saturated rings. The van der Waals surface area contributed by atoms with E-state index in [9.17, 15) is 4.79 Å². The minimum absolute atomic E-state index is 0.462. The van der Waals surface area contributed by atoms with Gasteiger partial charge in [0, 0.05) is 0 Å². The van der Waals surface area contributed by atoms with Crippen LogP contribution in [0.5, 0.6) is 0 Å². The highest BCUT2D eigenvalue weighted by Gasteiger charge is 2.23. The Bertz CT molecular complexity index is 263. The van der Waals surface area contributed by atoms with Crippen LogP contribution in [0.4, 0.5) is 0 Å². The molecule has 4 nitrogen and oxygen atoms in total. The number of hydrogen-bond acceptors (Lipinski definition) is 3. The van der Waals surface area contributed by atoms with Crippen molar-refractivity contribution in [3.05, 3.63) is 5.69 Å². The summed E-state index contributed by atoms with van der Waals surface area (Å²) < 4.78 is 0. The monoisotopic (exact) mass is 169 g/mol. The Hall–Kier alpha value is -0.973. The van der Waals surface area contributed by atoms with Gasteiger partial charge < -0.3 is 0 Å². The zero-order chi connectivity index (χ0) is 8.48. The molecule has 0 saturated heterocycles. The van der Waals surface area contributed by atoms with Crippen molar-refractivity contribution >= 4 is 19.7 Å². The lowest BCUT2D eigenvalue weighted by Crippen LogP contribution is -2.41. The lowest BCUT2D eigenvalue weighted by Gasteiger charge is -2.10. The fraction of sp³-hybridized carbons (Fsp3) is 0.500. The van der Waals surface area contributed by atoms with Crippen LogP contribution in [0.1, 0.15) is 10.5 Å². The van der Waals surface area contributed by atoms with Crippen LogP contribution >= 0.6 is 0 Å². The van der Waals surface area contributed by atoms with Crippen LogP contribution in [0.25, 0.3) is 0 Å². The van der Waals surface area contributed by atoms with Crippen LogP contribution in [0, 0.1) is 0 Å². The predicted octanol–water partition coefficient (Wildman–Crippen LogP) is 0.162. The van der Waals surface area contributed by atoms with E-state index in [1.807, 2.05) is 0 Å². The molecule has 0 spiro atoms. The molecule has 0 aliphatic heterocycles. The molecule has 1 N–H and O–H groups in total. The second-order valence-electron chi connectivity index (χ2n) is 3.43. The van der Waals surface area contributed by atoms with E-state index in [2.05, 4.69) is 35.1 Å². The van der Waals surface area contributed by atoms with Crippen molar-refractivity contribution < 1.29 is 4.79 Å². The zero-order valence-corrected chi connectivity index (χ0v) is 7.88. The molecule has 0 bridgehead atoms. The minimum atomic E-state index is -1.48. The maximum atomic E-state index is 10.4. The van der Waals surface area contributed by atoms with Gasteiger partial charge in [-0.15, -0.1) is 0 Å². The number of H-pyrrole nitrogens is 1. The highest BCUT2D eigenvalue weighted by atomic mass is 28.3. The standard InChI is InChI=1S/C6H11N3OSi/c1-11(2,3)6-5(4-10)7-9-8-6/h4H,1-3H3,(H,7,8,9). The van der Waals surface area contributed by atoms with Crippen LogP contribution in [-0.2, 0) is 0 Å². The van der Waals surface area contributed by atoms with Crippen molar-refractivity contribution in [3.8, 4) is 0 Å². The molecule has 0 aromatic carbocycles. The van der Waals surface area contributed by atoms with E-state index in [1.54, 1.807) is 0 Å². The lowest BCUT2D eigenvalue weighted by molar-refractivity contribution is 0.112. The summed E-state index contributed by atoms with van der Waals surface area (Å²) in [6, 6.07) is 0. The van der Waals surface area contributed by atoms with Crippen molar-refractivity contribution in [2.45, 2.75) is 19.6 Å². The smallest absolute Gasteiger partial charge is 0.171 e. The van der Waals surface area contributed by atoms with Crippen molar-refractivity contribution in [2.75, 3.05) is 0 Å². The molecule has 0 aliphatic rings. The van der Waals surface area contributed by atoms with Gasteiger partial charge in [0.2, 0.25) is 0 Å². The molecule has 1 heterocycles. The molecule has 1 rings (SSSR count).